The molecule has 1 aromatic heterocycles. The van der Waals surface area contributed by atoms with Crippen LogP contribution in [0.5, 0.6) is 5.75 Å². The Hall–Kier alpha value is -1.59. The number of H-pyrrole nitrogens is 1. The molecule has 0 fully saturated rings. The van der Waals surface area contributed by atoms with Crippen molar-refractivity contribution in [3.05, 3.63) is 51.7 Å². The highest BCUT2D eigenvalue weighted by Gasteiger charge is 2.07. The van der Waals surface area contributed by atoms with Crippen molar-refractivity contribution in [3.8, 4) is 11.4 Å². The predicted octanol–water partition coefficient (Wildman–Crippen LogP) is 5.24. The highest BCUT2D eigenvalue weighted by Crippen LogP contribution is 2.24. The molecule has 0 saturated carbocycles. The monoisotopic (exact) mass is 362 g/mol. The van der Waals surface area contributed by atoms with Crippen molar-refractivity contribution in [3.63, 3.8) is 0 Å². The van der Waals surface area contributed by atoms with Crippen LogP contribution < -0.4 is 4.74 Å². The van der Waals surface area contributed by atoms with Gasteiger partial charge in [0.05, 0.1) is 17.6 Å². The fourth-order valence-corrected chi connectivity index (χ4v) is 2.93. The Bertz CT molecular complexity index is 820. The summed E-state index contributed by atoms with van der Waals surface area (Å²) in [5.74, 6) is 0.884. The minimum atomic E-state index is 0.685. The quantitative estimate of drug-likeness (QED) is 0.643. The van der Waals surface area contributed by atoms with Gasteiger partial charge in [-0.3, -0.25) is 4.57 Å². The number of hydrogen-bond acceptors (Lipinski definition) is 2. The van der Waals surface area contributed by atoms with Crippen LogP contribution in [0.25, 0.3) is 16.7 Å². The summed E-state index contributed by atoms with van der Waals surface area (Å²) in [5, 5.41) is 0. The molecule has 3 rings (SSSR count). The lowest BCUT2D eigenvalue weighted by molar-refractivity contribution is 0.317. The molecule has 0 bridgehead atoms. The van der Waals surface area contributed by atoms with Crippen molar-refractivity contribution in [1.82, 2.24) is 9.55 Å². The molecule has 3 nitrogen and oxygen atoms in total. The van der Waals surface area contributed by atoms with E-state index in [9.17, 15) is 0 Å². The van der Waals surface area contributed by atoms with Gasteiger partial charge in [-0.25, -0.2) is 0 Å². The van der Waals surface area contributed by atoms with E-state index in [0.29, 0.717) is 4.77 Å². The first kappa shape index (κ1) is 14.4. The van der Waals surface area contributed by atoms with Crippen LogP contribution in [-0.4, -0.2) is 16.2 Å². The van der Waals surface area contributed by atoms with Gasteiger partial charge in [0.2, 0.25) is 0 Å². The van der Waals surface area contributed by atoms with Gasteiger partial charge in [-0.15, -0.1) is 0 Å². The smallest absolute Gasteiger partial charge is 0.182 e. The summed E-state index contributed by atoms with van der Waals surface area (Å²) in [5.41, 5.74) is 3.10. The van der Waals surface area contributed by atoms with Gasteiger partial charge in [-0.1, -0.05) is 22.9 Å². The van der Waals surface area contributed by atoms with Crippen LogP contribution in [0.1, 0.15) is 13.3 Å². The minimum Gasteiger partial charge on any atom is -0.494 e. The molecule has 1 N–H and O–H groups in total. The number of rotatable bonds is 4. The number of nitrogens with zero attached hydrogens (tertiary/aromatic N) is 1. The van der Waals surface area contributed by atoms with Crippen molar-refractivity contribution in [1.29, 1.82) is 0 Å². The molecule has 108 valence electrons. The molecule has 0 aliphatic carbocycles. The summed E-state index contributed by atoms with van der Waals surface area (Å²) >= 11 is 8.92. The molecule has 0 aliphatic heterocycles. The van der Waals surface area contributed by atoms with E-state index in [4.69, 9.17) is 17.0 Å². The Morgan fingerprint density at radius 1 is 1.19 bits per heavy atom. The number of benzene rings is 2. The largest absolute Gasteiger partial charge is 0.494 e. The lowest BCUT2D eigenvalue weighted by Gasteiger charge is -2.07. The average Bonchev–Trinajstić information content (AvgIpc) is 2.80. The van der Waals surface area contributed by atoms with Gasteiger partial charge in [-0.05, 0) is 61.1 Å². The van der Waals surface area contributed by atoms with E-state index >= 15 is 0 Å². The molecule has 1 heterocycles. The number of halogens is 1. The Morgan fingerprint density at radius 2 is 1.95 bits per heavy atom. The van der Waals surface area contributed by atoms with E-state index in [0.717, 1.165) is 40.0 Å². The molecule has 0 saturated heterocycles. The molecule has 0 atom stereocenters. The fourth-order valence-electron chi connectivity index (χ4n) is 2.25. The van der Waals surface area contributed by atoms with E-state index < -0.39 is 0 Å². The molecule has 0 unspecified atom stereocenters. The lowest BCUT2D eigenvalue weighted by atomic mass is 10.2. The Labute approximate surface area is 136 Å². The van der Waals surface area contributed by atoms with Crippen molar-refractivity contribution < 1.29 is 4.74 Å². The number of hydrogen-bond donors (Lipinski definition) is 1. The first-order chi connectivity index (χ1) is 10.2. The SMILES string of the molecule is CCCOc1ccc(-n2c(=S)[nH]c3cc(Br)ccc32)cc1. The Kier molecular flexibility index (Phi) is 4.12. The molecule has 0 spiro atoms. The number of aromatic nitrogens is 2. The normalized spacial score (nSPS) is 11.0. The molecular formula is C16H15BrN2OS. The maximum absolute atomic E-state index is 5.61. The van der Waals surface area contributed by atoms with Crippen molar-refractivity contribution in [2.24, 2.45) is 0 Å². The van der Waals surface area contributed by atoms with Gasteiger partial charge in [0.1, 0.15) is 5.75 Å². The van der Waals surface area contributed by atoms with Gasteiger partial charge >= 0.3 is 0 Å². The topological polar surface area (TPSA) is 29.9 Å². The number of ether oxygens (including phenoxy) is 1. The second kappa shape index (κ2) is 6.03. The first-order valence-corrected chi connectivity index (χ1v) is 8.02. The average molecular weight is 363 g/mol. The van der Waals surface area contributed by atoms with Crippen LogP contribution in [0.15, 0.2) is 46.9 Å². The van der Waals surface area contributed by atoms with Crippen LogP contribution in [0, 0.1) is 4.77 Å². The van der Waals surface area contributed by atoms with Crippen molar-refractivity contribution in [2.45, 2.75) is 13.3 Å². The van der Waals surface area contributed by atoms with Crippen LogP contribution in [0.3, 0.4) is 0 Å². The zero-order valence-electron chi connectivity index (χ0n) is 11.6. The molecule has 0 radical (unpaired) electrons. The molecule has 0 amide bonds. The van der Waals surface area contributed by atoms with Gasteiger partial charge < -0.3 is 9.72 Å². The van der Waals surface area contributed by atoms with Crippen molar-refractivity contribution >= 4 is 39.2 Å². The summed E-state index contributed by atoms with van der Waals surface area (Å²) in [6, 6.07) is 14.1. The zero-order valence-corrected chi connectivity index (χ0v) is 14.0. The van der Waals surface area contributed by atoms with E-state index in [1.54, 1.807) is 0 Å². The maximum Gasteiger partial charge on any atom is 0.182 e. The number of aromatic amines is 1. The Morgan fingerprint density at radius 3 is 2.67 bits per heavy atom. The van der Waals surface area contributed by atoms with Gasteiger partial charge in [0.15, 0.2) is 4.77 Å². The van der Waals surface area contributed by atoms with Crippen LogP contribution in [-0.2, 0) is 0 Å². The third-order valence-electron chi connectivity index (χ3n) is 3.21. The predicted molar refractivity (Wildman–Crippen MR) is 91.9 cm³/mol. The molecule has 3 aromatic rings. The standard InChI is InChI=1S/C16H15BrN2OS/c1-2-9-20-13-6-4-12(5-7-13)19-15-8-3-11(17)10-14(15)18-16(19)21/h3-8,10H,2,9H2,1H3,(H,18,21). The molecule has 0 aliphatic rings. The molecule has 21 heavy (non-hydrogen) atoms. The van der Waals surface area contributed by atoms with E-state index in [2.05, 4.69) is 27.8 Å². The van der Waals surface area contributed by atoms with Gasteiger partial charge in [-0.2, -0.15) is 0 Å². The zero-order chi connectivity index (χ0) is 14.8. The second-order valence-corrected chi connectivity index (χ2v) is 6.07. The first-order valence-electron chi connectivity index (χ1n) is 6.82. The third-order valence-corrected chi connectivity index (χ3v) is 3.99. The molecule has 2 aromatic carbocycles. The van der Waals surface area contributed by atoms with E-state index in [-0.39, 0.29) is 0 Å². The van der Waals surface area contributed by atoms with Crippen LogP contribution >= 0.6 is 28.1 Å². The van der Waals surface area contributed by atoms with Gasteiger partial charge in [0, 0.05) is 10.2 Å². The number of nitrogens with one attached hydrogen (secondary N) is 1. The highest BCUT2D eigenvalue weighted by atomic mass is 79.9. The summed E-state index contributed by atoms with van der Waals surface area (Å²) < 4.78 is 9.35. The summed E-state index contributed by atoms with van der Waals surface area (Å²) in [4.78, 5) is 3.23. The van der Waals surface area contributed by atoms with E-state index in [1.165, 1.54) is 0 Å². The van der Waals surface area contributed by atoms with Crippen LogP contribution in [0.2, 0.25) is 0 Å². The van der Waals surface area contributed by atoms with Crippen molar-refractivity contribution in [2.75, 3.05) is 6.61 Å². The fraction of sp³-hybridized carbons (Fsp3) is 0.188. The Balaban J connectivity index is 2.04. The summed E-state index contributed by atoms with van der Waals surface area (Å²) in [6.07, 6.45) is 1.00. The van der Waals surface area contributed by atoms with Gasteiger partial charge in [0.25, 0.3) is 0 Å². The summed E-state index contributed by atoms with van der Waals surface area (Å²) in [6.45, 7) is 2.83. The minimum absolute atomic E-state index is 0.685. The van der Waals surface area contributed by atoms with E-state index in [1.807, 2.05) is 47.0 Å². The maximum atomic E-state index is 5.61. The number of imidazole rings is 1. The third kappa shape index (κ3) is 2.89. The highest BCUT2D eigenvalue weighted by molar-refractivity contribution is 9.10. The molecule has 5 heteroatoms. The number of fused-ring (bicyclic) bond motifs is 1. The molecular weight excluding hydrogens is 348 g/mol. The summed E-state index contributed by atoms with van der Waals surface area (Å²) in [7, 11) is 0. The lowest BCUT2D eigenvalue weighted by Crippen LogP contribution is -1.97. The second-order valence-electron chi connectivity index (χ2n) is 4.77. The van der Waals surface area contributed by atoms with Crippen LogP contribution in [0.4, 0.5) is 0 Å².